The van der Waals surface area contributed by atoms with Crippen LogP contribution < -0.4 is 4.90 Å². The molecular weight excluding hydrogens is 343 g/mol. The summed E-state index contributed by atoms with van der Waals surface area (Å²) >= 11 is 11.9. The van der Waals surface area contributed by atoms with Gasteiger partial charge in [-0.2, -0.15) is 0 Å². The van der Waals surface area contributed by atoms with Crippen LogP contribution in [0.1, 0.15) is 11.1 Å². The predicted molar refractivity (Wildman–Crippen MR) is 102 cm³/mol. The van der Waals surface area contributed by atoms with Crippen LogP contribution in [0.3, 0.4) is 0 Å². The molecule has 0 unspecified atom stereocenters. The van der Waals surface area contributed by atoms with E-state index in [2.05, 4.69) is 17.0 Å². The van der Waals surface area contributed by atoms with Gasteiger partial charge >= 0.3 is 0 Å². The Morgan fingerprint density at radius 1 is 1.00 bits per heavy atom. The van der Waals surface area contributed by atoms with Crippen LogP contribution in [0.4, 0.5) is 5.69 Å². The van der Waals surface area contributed by atoms with E-state index in [9.17, 15) is 4.79 Å². The third-order valence-electron chi connectivity index (χ3n) is 3.96. The number of benzene rings is 2. The van der Waals surface area contributed by atoms with Gasteiger partial charge in [0.25, 0.3) is 0 Å². The highest BCUT2D eigenvalue weighted by Gasteiger charge is 2.12. The molecule has 0 aliphatic rings. The van der Waals surface area contributed by atoms with Crippen LogP contribution in [0.15, 0.2) is 42.5 Å². The lowest BCUT2D eigenvalue weighted by atomic mass is 10.1. The third-order valence-corrected chi connectivity index (χ3v) is 4.69. The Balaban J connectivity index is 1.96. The van der Waals surface area contributed by atoms with E-state index in [1.54, 1.807) is 17.0 Å². The summed E-state index contributed by atoms with van der Waals surface area (Å²) in [5.41, 5.74) is 3.29. The minimum atomic E-state index is 0.0655. The second-order valence-corrected chi connectivity index (χ2v) is 6.83. The van der Waals surface area contributed by atoms with Crippen molar-refractivity contribution in [3.8, 4) is 0 Å². The molecule has 0 saturated heterocycles. The second-order valence-electron chi connectivity index (χ2n) is 6.01. The van der Waals surface area contributed by atoms with E-state index in [4.69, 9.17) is 23.2 Å². The van der Waals surface area contributed by atoms with Crippen molar-refractivity contribution >= 4 is 34.8 Å². The Morgan fingerprint density at radius 3 is 2.38 bits per heavy atom. The van der Waals surface area contributed by atoms with E-state index in [0.29, 0.717) is 23.0 Å². The predicted octanol–water partition coefficient (Wildman–Crippen LogP) is 4.30. The maximum atomic E-state index is 12.4. The highest BCUT2D eigenvalue weighted by atomic mass is 35.5. The maximum Gasteiger partial charge on any atom is 0.226 e. The molecule has 5 heteroatoms. The van der Waals surface area contributed by atoms with Crippen molar-refractivity contribution in [3.05, 3.63) is 63.6 Å². The van der Waals surface area contributed by atoms with Crippen LogP contribution in [-0.2, 0) is 17.6 Å². The number of hydrogen-bond donors (Lipinski definition) is 0. The van der Waals surface area contributed by atoms with Gasteiger partial charge in [-0.05, 0) is 35.7 Å². The minimum Gasteiger partial charge on any atom is -0.377 e. The van der Waals surface area contributed by atoms with E-state index in [0.717, 1.165) is 12.0 Å². The van der Waals surface area contributed by atoms with Gasteiger partial charge in [0.05, 0.1) is 16.5 Å². The zero-order valence-corrected chi connectivity index (χ0v) is 15.7. The monoisotopic (exact) mass is 364 g/mol. The molecule has 0 atom stereocenters. The highest BCUT2D eigenvalue weighted by Crippen LogP contribution is 2.23. The molecule has 3 nitrogen and oxygen atoms in total. The molecule has 0 N–H and O–H groups in total. The Morgan fingerprint density at radius 2 is 1.71 bits per heavy atom. The van der Waals surface area contributed by atoms with Crippen LogP contribution in [0, 0.1) is 0 Å². The summed E-state index contributed by atoms with van der Waals surface area (Å²) in [4.78, 5) is 16.2. The lowest BCUT2D eigenvalue weighted by Crippen LogP contribution is -2.30. The number of anilines is 1. The average Bonchev–Trinajstić information content (AvgIpc) is 2.56. The molecule has 0 aliphatic carbocycles. The largest absolute Gasteiger partial charge is 0.377 e. The number of para-hydroxylation sites is 1. The van der Waals surface area contributed by atoms with Gasteiger partial charge in [0.1, 0.15) is 0 Å². The molecule has 2 aromatic rings. The van der Waals surface area contributed by atoms with Crippen molar-refractivity contribution in [3.63, 3.8) is 0 Å². The van der Waals surface area contributed by atoms with Gasteiger partial charge in [-0.1, -0.05) is 47.5 Å². The van der Waals surface area contributed by atoms with Gasteiger partial charge in [0.15, 0.2) is 0 Å². The lowest BCUT2D eigenvalue weighted by molar-refractivity contribution is -0.129. The molecule has 128 valence electrons. The Bertz CT molecular complexity index is 716. The number of carbonyl (C=O) groups is 1. The zero-order valence-electron chi connectivity index (χ0n) is 14.2. The molecule has 0 fully saturated rings. The minimum absolute atomic E-state index is 0.0655. The van der Waals surface area contributed by atoms with Gasteiger partial charge in [-0.15, -0.1) is 0 Å². The molecule has 0 aromatic heterocycles. The van der Waals surface area contributed by atoms with Crippen molar-refractivity contribution in [1.82, 2.24) is 4.90 Å². The average molecular weight is 365 g/mol. The number of rotatable bonds is 6. The van der Waals surface area contributed by atoms with E-state index in [-0.39, 0.29) is 5.91 Å². The number of carbonyl (C=O) groups excluding carboxylic acids is 1. The van der Waals surface area contributed by atoms with Crippen molar-refractivity contribution in [2.45, 2.75) is 12.8 Å². The Labute approximate surface area is 153 Å². The molecule has 0 bridgehead atoms. The SMILES string of the molecule is CN(CCc1ccccc1N(C)C)C(=O)Cc1ccc(Cl)c(Cl)c1. The topological polar surface area (TPSA) is 23.6 Å². The summed E-state index contributed by atoms with van der Waals surface area (Å²) in [6.45, 7) is 0.672. The van der Waals surface area contributed by atoms with Gasteiger partial charge in [0.2, 0.25) is 5.91 Å². The summed E-state index contributed by atoms with van der Waals surface area (Å²) in [6, 6.07) is 13.6. The molecule has 0 saturated carbocycles. The molecule has 1 amide bonds. The fourth-order valence-corrected chi connectivity index (χ4v) is 2.85. The highest BCUT2D eigenvalue weighted by molar-refractivity contribution is 6.42. The molecule has 0 aliphatic heterocycles. The lowest BCUT2D eigenvalue weighted by Gasteiger charge is -2.21. The fourth-order valence-electron chi connectivity index (χ4n) is 2.53. The van der Waals surface area contributed by atoms with E-state index < -0.39 is 0 Å². The fraction of sp³-hybridized carbons (Fsp3) is 0.316. The maximum absolute atomic E-state index is 12.4. The second kappa shape index (κ2) is 8.41. The normalized spacial score (nSPS) is 10.5. The molecule has 0 heterocycles. The van der Waals surface area contributed by atoms with Crippen LogP contribution in [-0.4, -0.2) is 38.5 Å². The summed E-state index contributed by atoms with van der Waals surface area (Å²) in [6.07, 6.45) is 1.14. The van der Waals surface area contributed by atoms with Crippen LogP contribution in [0.2, 0.25) is 10.0 Å². The summed E-state index contributed by atoms with van der Waals surface area (Å²) in [7, 11) is 5.88. The first-order valence-corrected chi connectivity index (χ1v) is 8.57. The Hall–Kier alpha value is -1.71. The van der Waals surface area contributed by atoms with E-state index in [1.165, 1.54) is 11.3 Å². The number of likely N-dealkylation sites (N-methyl/N-ethyl adjacent to an activating group) is 1. The quantitative estimate of drug-likeness (QED) is 0.762. The summed E-state index contributed by atoms with van der Waals surface area (Å²) in [5, 5.41) is 0.978. The van der Waals surface area contributed by atoms with E-state index in [1.807, 2.05) is 39.3 Å². The van der Waals surface area contributed by atoms with Crippen LogP contribution in [0.5, 0.6) is 0 Å². The summed E-state index contributed by atoms with van der Waals surface area (Å²) in [5.74, 6) is 0.0655. The molecule has 0 spiro atoms. The molecule has 0 radical (unpaired) electrons. The van der Waals surface area contributed by atoms with Crippen molar-refractivity contribution in [2.24, 2.45) is 0 Å². The van der Waals surface area contributed by atoms with Gasteiger partial charge < -0.3 is 9.80 Å². The zero-order chi connectivity index (χ0) is 17.7. The smallest absolute Gasteiger partial charge is 0.226 e. The first kappa shape index (κ1) is 18.6. The van der Waals surface area contributed by atoms with E-state index >= 15 is 0 Å². The van der Waals surface area contributed by atoms with Crippen molar-refractivity contribution in [1.29, 1.82) is 0 Å². The van der Waals surface area contributed by atoms with Gasteiger partial charge in [0, 0.05) is 33.4 Å². The van der Waals surface area contributed by atoms with Crippen LogP contribution in [0.25, 0.3) is 0 Å². The van der Waals surface area contributed by atoms with Crippen LogP contribution >= 0.6 is 23.2 Å². The molecule has 2 aromatic carbocycles. The number of hydrogen-bond acceptors (Lipinski definition) is 2. The summed E-state index contributed by atoms with van der Waals surface area (Å²) < 4.78 is 0. The van der Waals surface area contributed by atoms with Crippen molar-refractivity contribution in [2.75, 3.05) is 32.6 Å². The molecular formula is C19H22Cl2N2O. The Kier molecular flexibility index (Phi) is 6.52. The number of halogens is 2. The standard InChI is InChI=1S/C19H22Cl2N2O/c1-22(2)18-7-5-4-6-15(18)10-11-23(3)19(24)13-14-8-9-16(20)17(21)12-14/h4-9,12H,10-11,13H2,1-3H3. The number of amides is 1. The van der Waals surface area contributed by atoms with Gasteiger partial charge in [-0.25, -0.2) is 0 Å². The third kappa shape index (κ3) is 4.89. The first-order valence-electron chi connectivity index (χ1n) is 7.81. The first-order chi connectivity index (χ1) is 11.4. The van der Waals surface area contributed by atoms with Crippen molar-refractivity contribution < 1.29 is 4.79 Å². The van der Waals surface area contributed by atoms with Gasteiger partial charge in [-0.3, -0.25) is 4.79 Å². The number of nitrogens with zero attached hydrogens (tertiary/aromatic N) is 2. The molecule has 24 heavy (non-hydrogen) atoms. The molecule has 2 rings (SSSR count).